The van der Waals surface area contributed by atoms with Gasteiger partial charge in [-0.05, 0) is 81.8 Å². The third kappa shape index (κ3) is 6.35. The van der Waals surface area contributed by atoms with Gasteiger partial charge in [0.05, 0.1) is 4.90 Å². The largest absolute Gasteiger partial charge is 0.354 e. The first-order valence-electron chi connectivity index (χ1n) is 13.1. The molecule has 2 saturated heterocycles. The molecule has 2 aromatic heterocycles. The van der Waals surface area contributed by atoms with Gasteiger partial charge in [0.15, 0.2) is 0 Å². The molecule has 5 rings (SSSR count). The van der Waals surface area contributed by atoms with Crippen LogP contribution < -0.4 is 9.62 Å². The lowest BCUT2D eigenvalue weighted by Gasteiger charge is -2.34. The highest BCUT2D eigenvalue weighted by molar-refractivity contribution is 7.89. The molecule has 1 N–H and O–H groups in total. The predicted molar refractivity (Wildman–Crippen MR) is 143 cm³/mol. The Morgan fingerprint density at radius 3 is 2.32 bits per heavy atom. The zero-order valence-electron chi connectivity index (χ0n) is 21.3. The van der Waals surface area contributed by atoms with Crippen LogP contribution in [0.15, 0.2) is 52.0 Å². The number of aromatic nitrogens is 3. The maximum absolute atomic E-state index is 12.6. The summed E-state index contributed by atoms with van der Waals surface area (Å²) in [5.74, 6) is 1.73. The van der Waals surface area contributed by atoms with Gasteiger partial charge in [-0.3, -0.25) is 0 Å². The summed E-state index contributed by atoms with van der Waals surface area (Å²) >= 11 is 0. The van der Waals surface area contributed by atoms with Crippen LogP contribution in [0.2, 0.25) is 0 Å². The summed E-state index contributed by atoms with van der Waals surface area (Å²) in [7, 11) is -3.56. The highest BCUT2D eigenvalue weighted by Gasteiger charge is 2.19. The minimum atomic E-state index is -3.56. The quantitative estimate of drug-likeness (QED) is 0.400. The molecule has 10 nitrogen and oxygen atoms in total. The van der Waals surface area contributed by atoms with Crippen molar-refractivity contribution in [2.75, 3.05) is 63.8 Å². The summed E-state index contributed by atoms with van der Waals surface area (Å²) in [4.78, 5) is 16.4. The Balaban J connectivity index is 1.17. The molecule has 0 radical (unpaired) electrons. The summed E-state index contributed by atoms with van der Waals surface area (Å²) in [5.41, 5.74) is 1.42. The van der Waals surface area contributed by atoms with Crippen LogP contribution in [0.1, 0.15) is 26.2 Å². The van der Waals surface area contributed by atoms with Gasteiger partial charge in [0, 0.05) is 50.0 Å². The van der Waals surface area contributed by atoms with E-state index in [-0.39, 0.29) is 4.90 Å². The molecule has 0 atom stereocenters. The van der Waals surface area contributed by atoms with Crippen molar-refractivity contribution in [2.45, 2.75) is 31.1 Å². The van der Waals surface area contributed by atoms with Crippen molar-refractivity contribution >= 4 is 15.8 Å². The minimum absolute atomic E-state index is 0.219. The molecule has 0 aliphatic carbocycles. The summed E-state index contributed by atoms with van der Waals surface area (Å²) in [6.45, 7) is 10.9. The summed E-state index contributed by atoms with van der Waals surface area (Å²) in [5, 5.41) is 4.10. The molecule has 0 saturated carbocycles. The molecule has 4 heterocycles. The highest BCUT2D eigenvalue weighted by Crippen LogP contribution is 2.24. The van der Waals surface area contributed by atoms with Crippen molar-refractivity contribution in [2.24, 2.45) is 0 Å². The fourth-order valence-corrected chi connectivity index (χ4v) is 5.91. The van der Waals surface area contributed by atoms with E-state index in [1.165, 1.54) is 12.8 Å². The Kier molecular flexibility index (Phi) is 8.14. The van der Waals surface area contributed by atoms with E-state index >= 15 is 0 Å². The van der Waals surface area contributed by atoms with Crippen LogP contribution in [-0.4, -0.2) is 92.2 Å². The molecule has 1 aromatic carbocycles. The van der Waals surface area contributed by atoms with E-state index in [4.69, 9.17) is 4.52 Å². The molecule has 2 fully saturated rings. The number of likely N-dealkylation sites (N-methyl/N-ethyl adjacent to an activating group) is 1. The van der Waals surface area contributed by atoms with Gasteiger partial charge in [-0.1, -0.05) is 12.1 Å². The molecule has 0 amide bonds. The third-order valence-corrected chi connectivity index (χ3v) is 8.61. The minimum Gasteiger partial charge on any atom is -0.354 e. The van der Waals surface area contributed by atoms with Crippen LogP contribution in [0.25, 0.3) is 22.8 Å². The molecule has 0 spiro atoms. The lowest BCUT2D eigenvalue weighted by molar-refractivity contribution is 0.270. The standard InChI is InChI=1S/C26H35N7O3S/c1-2-31-16-18-33(19-17-31)24-11-8-22(20-27-24)25-29-26(36-30-25)21-6-9-23(10-7-21)37(34,35)28-12-5-15-32-13-3-4-14-32/h6-11,20,28H,2-5,12-19H2,1H3. The molecule has 3 aromatic rings. The number of nitrogens with zero attached hydrogens (tertiary/aromatic N) is 6. The Hall–Kier alpha value is -2.86. The van der Waals surface area contributed by atoms with Gasteiger partial charge >= 0.3 is 0 Å². The molecule has 0 unspecified atom stereocenters. The van der Waals surface area contributed by atoms with Gasteiger partial charge in [0.1, 0.15) is 5.82 Å². The van der Waals surface area contributed by atoms with Crippen molar-refractivity contribution in [3.05, 3.63) is 42.6 Å². The van der Waals surface area contributed by atoms with Gasteiger partial charge in [0.2, 0.25) is 15.8 Å². The molecule has 11 heteroatoms. The van der Waals surface area contributed by atoms with Crippen LogP contribution in [0.3, 0.4) is 0 Å². The summed E-state index contributed by atoms with van der Waals surface area (Å²) in [6.07, 6.45) is 5.04. The molecule has 0 bridgehead atoms. The Bertz CT molecular complexity index is 1250. The molecular formula is C26H35N7O3S. The maximum Gasteiger partial charge on any atom is 0.258 e. The number of nitrogens with one attached hydrogen (secondary N) is 1. The lowest BCUT2D eigenvalue weighted by Crippen LogP contribution is -2.46. The van der Waals surface area contributed by atoms with Gasteiger partial charge in [-0.2, -0.15) is 4.98 Å². The molecule has 37 heavy (non-hydrogen) atoms. The SMILES string of the molecule is CCN1CCN(c2ccc(-c3noc(-c4ccc(S(=O)(=O)NCCCN5CCCC5)cc4)n3)cn2)CC1. The molecule has 198 valence electrons. The van der Waals surface area contributed by atoms with Crippen molar-refractivity contribution in [3.8, 4) is 22.8 Å². The summed E-state index contributed by atoms with van der Waals surface area (Å²) in [6, 6.07) is 10.5. The molecular weight excluding hydrogens is 490 g/mol. The zero-order valence-corrected chi connectivity index (χ0v) is 22.2. The van der Waals surface area contributed by atoms with E-state index in [0.717, 1.165) is 70.2 Å². The zero-order chi connectivity index (χ0) is 25.7. The Morgan fingerprint density at radius 2 is 1.65 bits per heavy atom. The van der Waals surface area contributed by atoms with Gasteiger partial charge in [-0.25, -0.2) is 18.1 Å². The average molecular weight is 526 g/mol. The number of hydrogen-bond acceptors (Lipinski definition) is 9. The second kappa shape index (κ2) is 11.7. The first-order chi connectivity index (χ1) is 18.0. The van der Waals surface area contributed by atoms with Crippen LogP contribution in [-0.2, 0) is 10.0 Å². The van der Waals surface area contributed by atoms with Gasteiger partial charge in [-0.15, -0.1) is 0 Å². The van der Waals surface area contributed by atoms with Crippen LogP contribution in [0.5, 0.6) is 0 Å². The van der Waals surface area contributed by atoms with E-state index in [1.54, 1.807) is 30.5 Å². The normalized spacial score (nSPS) is 17.5. The van der Waals surface area contributed by atoms with E-state index in [9.17, 15) is 8.42 Å². The summed E-state index contributed by atoms with van der Waals surface area (Å²) < 4.78 is 33.5. The van der Waals surface area contributed by atoms with E-state index in [0.29, 0.717) is 23.8 Å². The van der Waals surface area contributed by atoms with Gasteiger partial charge < -0.3 is 19.2 Å². The number of likely N-dealkylation sites (tertiary alicyclic amines) is 1. The van der Waals surface area contributed by atoms with Crippen molar-refractivity contribution in [3.63, 3.8) is 0 Å². The number of benzene rings is 1. The second-order valence-corrected chi connectivity index (χ2v) is 11.3. The van der Waals surface area contributed by atoms with Gasteiger partial charge in [0.25, 0.3) is 5.89 Å². The maximum atomic E-state index is 12.6. The van der Waals surface area contributed by atoms with Crippen LogP contribution in [0.4, 0.5) is 5.82 Å². The Labute approximate surface area is 218 Å². The number of pyridine rings is 1. The number of hydrogen-bond donors (Lipinski definition) is 1. The Morgan fingerprint density at radius 1 is 0.919 bits per heavy atom. The van der Waals surface area contributed by atoms with Crippen LogP contribution >= 0.6 is 0 Å². The number of piperazine rings is 1. The lowest BCUT2D eigenvalue weighted by atomic mass is 10.2. The van der Waals surface area contributed by atoms with E-state index < -0.39 is 10.0 Å². The number of sulfonamides is 1. The fraction of sp³-hybridized carbons (Fsp3) is 0.500. The molecule has 2 aliphatic heterocycles. The van der Waals surface area contributed by atoms with Crippen molar-refractivity contribution in [1.29, 1.82) is 0 Å². The second-order valence-electron chi connectivity index (χ2n) is 9.57. The first-order valence-corrected chi connectivity index (χ1v) is 14.6. The van der Waals surface area contributed by atoms with E-state index in [1.807, 2.05) is 12.1 Å². The predicted octanol–water partition coefficient (Wildman–Crippen LogP) is 2.70. The first kappa shape index (κ1) is 25.8. The average Bonchev–Trinajstić information content (AvgIpc) is 3.64. The monoisotopic (exact) mass is 525 g/mol. The fourth-order valence-electron chi connectivity index (χ4n) is 4.83. The number of rotatable bonds is 10. The third-order valence-electron chi connectivity index (χ3n) is 7.13. The van der Waals surface area contributed by atoms with Crippen LogP contribution in [0, 0.1) is 0 Å². The highest BCUT2D eigenvalue weighted by atomic mass is 32.2. The topological polar surface area (TPSA) is 108 Å². The number of anilines is 1. The van der Waals surface area contributed by atoms with Crippen molar-refractivity contribution in [1.82, 2.24) is 29.6 Å². The van der Waals surface area contributed by atoms with E-state index in [2.05, 4.69) is 41.5 Å². The van der Waals surface area contributed by atoms with Crippen molar-refractivity contribution < 1.29 is 12.9 Å². The molecule has 2 aliphatic rings. The smallest absolute Gasteiger partial charge is 0.258 e.